The number of carbonyl (C=O) groups is 2. The lowest BCUT2D eigenvalue weighted by Gasteiger charge is -2.39. The van der Waals surface area contributed by atoms with E-state index in [0.717, 1.165) is 17.8 Å². The molecule has 1 N–H and O–H groups in total. The Morgan fingerprint density at radius 2 is 1.96 bits per heavy atom. The Bertz CT molecular complexity index is 883. The minimum atomic E-state index is -1.02. The SMILES string of the molecule is CCOC(=O)C1=C(C)NC2=C(C(=O)CC(C)(C)C2)C1c1ccc(F)c(F)c1. The van der Waals surface area contributed by atoms with Crippen LogP contribution in [0.5, 0.6) is 0 Å². The van der Waals surface area contributed by atoms with E-state index in [1.807, 2.05) is 13.8 Å². The molecule has 0 spiro atoms. The van der Waals surface area contributed by atoms with Gasteiger partial charge in [-0.2, -0.15) is 0 Å². The lowest BCUT2D eigenvalue weighted by Crippen LogP contribution is -2.38. The fourth-order valence-electron chi connectivity index (χ4n) is 3.94. The van der Waals surface area contributed by atoms with Crippen LogP contribution in [-0.2, 0) is 14.3 Å². The van der Waals surface area contributed by atoms with Crippen molar-refractivity contribution in [2.24, 2.45) is 5.41 Å². The second kappa shape index (κ2) is 6.91. The smallest absolute Gasteiger partial charge is 0.336 e. The predicted molar refractivity (Wildman–Crippen MR) is 96.6 cm³/mol. The molecule has 1 aliphatic heterocycles. The van der Waals surface area contributed by atoms with Gasteiger partial charge in [0.25, 0.3) is 0 Å². The molecule has 0 radical (unpaired) electrons. The Labute approximate surface area is 157 Å². The van der Waals surface area contributed by atoms with E-state index in [-0.39, 0.29) is 23.4 Å². The van der Waals surface area contributed by atoms with Crippen LogP contribution < -0.4 is 5.32 Å². The molecule has 1 unspecified atom stereocenters. The second-order valence-corrected chi connectivity index (χ2v) is 7.82. The summed E-state index contributed by atoms with van der Waals surface area (Å²) in [6, 6.07) is 3.48. The molecule has 3 rings (SSSR count). The van der Waals surface area contributed by atoms with Crippen molar-refractivity contribution in [2.75, 3.05) is 6.61 Å². The molecule has 4 nitrogen and oxygen atoms in total. The monoisotopic (exact) mass is 375 g/mol. The number of Topliss-reactive ketones (excluding diaryl/α,β-unsaturated/α-hetero) is 1. The van der Waals surface area contributed by atoms with Gasteiger partial charge in [0.15, 0.2) is 17.4 Å². The summed E-state index contributed by atoms with van der Waals surface area (Å²) in [5.74, 6) is -3.44. The van der Waals surface area contributed by atoms with Crippen molar-refractivity contribution >= 4 is 11.8 Å². The van der Waals surface area contributed by atoms with Crippen molar-refractivity contribution in [1.82, 2.24) is 5.32 Å². The van der Waals surface area contributed by atoms with Gasteiger partial charge in [0.2, 0.25) is 0 Å². The highest BCUT2D eigenvalue weighted by Gasteiger charge is 2.43. The summed E-state index contributed by atoms with van der Waals surface area (Å²) < 4.78 is 32.6. The molecule has 1 aliphatic carbocycles. The molecule has 1 heterocycles. The zero-order chi connectivity index (χ0) is 19.9. The van der Waals surface area contributed by atoms with Crippen molar-refractivity contribution in [3.8, 4) is 0 Å². The maximum Gasteiger partial charge on any atom is 0.336 e. The normalized spacial score (nSPS) is 21.7. The number of halogens is 2. The minimum Gasteiger partial charge on any atom is -0.463 e. The Kier molecular flexibility index (Phi) is 4.93. The van der Waals surface area contributed by atoms with E-state index in [9.17, 15) is 18.4 Å². The highest BCUT2D eigenvalue weighted by molar-refractivity contribution is 6.04. The number of esters is 1. The summed E-state index contributed by atoms with van der Waals surface area (Å²) in [6.45, 7) is 7.60. The third-order valence-corrected chi connectivity index (χ3v) is 5.01. The van der Waals surface area contributed by atoms with Gasteiger partial charge in [0.05, 0.1) is 12.2 Å². The molecule has 0 saturated heterocycles. The lowest BCUT2D eigenvalue weighted by molar-refractivity contribution is -0.138. The fourth-order valence-corrected chi connectivity index (χ4v) is 3.94. The largest absolute Gasteiger partial charge is 0.463 e. The minimum absolute atomic E-state index is 0.0993. The summed E-state index contributed by atoms with van der Waals surface area (Å²) in [5.41, 5.74) is 2.13. The van der Waals surface area contributed by atoms with Crippen LogP contribution in [0.2, 0.25) is 0 Å². The summed E-state index contributed by atoms with van der Waals surface area (Å²) >= 11 is 0. The molecule has 27 heavy (non-hydrogen) atoms. The number of benzene rings is 1. The first-order valence-corrected chi connectivity index (χ1v) is 9.00. The van der Waals surface area contributed by atoms with Crippen LogP contribution in [0.3, 0.4) is 0 Å². The fraction of sp³-hybridized carbons (Fsp3) is 0.429. The van der Waals surface area contributed by atoms with Crippen LogP contribution in [0.1, 0.15) is 52.0 Å². The van der Waals surface area contributed by atoms with E-state index in [1.54, 1.807) is 13.8 Å². The van der Waals surface area contributed by atoms with E-state index < -0.39 is 23.5 Å². The number of carbonyl (C=O) groups excluding carboxylic acids is 2. The molecular weight excluding hydrogens is 352 g/mol. The van der Waals surface area contributed by atoms with Crippen LogP contribution in [-0.4, -0.2) is 18.4 Å². The maximum atomic E-state index is 13.9. The zero-order valence-corrected chi connectivity index (χ0v) is 15.9. The van der Waals surface area contributed by atoms with Crippen molar-refractivity contribution in [2.45, 2.75) is 46.5 Å². The van der Waals surface area contributed by atoms with Crippen molar-refractivity contribution < 1.29 is 23.1 Å². The topological polar surface area (TPSA) is 55.4 Å². The molecular formula is C21H23F2NO3. The Hall–Kier alpha value is -2.50. The molecule has 0 amide bonds. The molecule has 2 aliphatic rings. The first-order valence-electron chi connectivity index (χ1n) is 9.00. The summed E-state index contributed by atoms with van der Waals surface area (Å²) in [5, 5.41) is 3.19. The molecule has 1 atom stereocenters. The standard InChI is InChI=1S/C21H23F2NO3/c1-5-27-20(26)17-11(2)24-15-9-21(3,4)10-16(25)19(15)18(17)12-6-7-13(22)14(23)8-12/h6-8,18,24H,5,9-10H2,1-4H3. The third-order valence-electron chi connectivity index (χ3n) is 5.01. The van der Waals surface area contributed by atoms with Crippen molar-refractivity contribution in [3.05, 3.63) is 57.9 Å². The van der Waals surface area contributed by atoms with E-state index in [0.29, 0.717) is 29.7 Å². The third kappa shape index (κ3) is 3.53. The molecule has 1 aromatic rings. The number of rotatable bonds is 3. The molecule has 0 saturated carbocycles. The van der Waals surface area contributed by atoms with Gasteiger partial charge in [-0.3, -0.25) is 4.79 Å². The summed E-state index contributed by atoms with van der Waals surface area (Å²) in [4.78, 5) is 25.6. The van der Waals surface area contributed by atoms with E-state index in [4.69, 9.17) is 4.74 Å². The van der Waals surface area contributed by atoms with Gasteiger partial charge in [-0.15, -0.1) is 0 Å². The number of ether oxygens (including phenoxy) is 1. The van der Waals surface area contributed by atoms with Gasteiger partial charge >= 0.3 is 5.97 Å². The summed E-state index contributed by atoms with van der Waals surface area (Å²) in [7, 11) is 0. The van der Waals surface area contributed by atoms with Crippen molar-refractivity contribution in [1.29, 1.82) is 0 Å². The van der Waals surface area contributed by atoms with Crippen LogP contribution in [0.4, 0.5) is 8.78 Å². The quantitative estimate of drug-likeness (QED) is 0.807. The Balaban J connectivity index is 2.20. The Morgan fingerprint density at radius 3 is 2.59 bits per heavy atom. The van der Waals surface area contributed by atoms with E-state index in [2.05, 4.69) is 5.32 Å². The van der Waals surface area contributed by atoms with Gasteiger partial charge in [0.1, 0.15) is 0 Å². The molecule has 0 aromatic heterocycles. The van der Waals surface area contributed by atoms with Crippen LogP contribution >= 0.6 is 0 Å². The number of dihydropyridines is 1. The first kappa shape index (κ1) is 19.3. The van der Waals surface area contributed by atoms with Gasteiger partial charge in [-0.05, 0) is 43.4 Å². The van der Waals surface area contributed by atoms with Crippen LogP contribution in [0, 0.1) is 17.0 Å². The predicted octanol–water partition coefficient (Wildman–Crippen LogP) is 4.13. The molecule has 1 aromatic carbocycles. The zero-order valence-electron chi connectivity index (χ0n) is 15.9. The Morgan fingerprint density at radius 1 is 1.26 bits per heavy atom. The molecule has 0 fully saturated rings. The van der Waals surface area contributed by atoms with Crippen molar-refractivity contribution in [3.63, 3.8) is 0 Å². The van der Waals surface area contributed by atoms with Gasteiger partial charge in [0, 0.05) is 29.3 Å². The van der Waals surface area contributed by atoms with E-state index in [1.165, 1.54) is 6.07 Å². The van der Waals surface area contributed by atoms with Gasteiger partial charge in [-0.25, -0.2) is 13.6 Å². The lowest BCUT2D eigenvalue weighted by atomic mass is 9.68. The van der Waals surface area contributed by atoms with Crippen LogP contribution in [0.25, 0.3) is 0 Å². The number of allylic oxidation sites excluding steroid dienone is 3. The molecule has 0 bridgehead atoms. The average molecular weight is 375 g/mol. The average Bonchev–Trinajstić information content (AvgIpc) is 2.55. The summed E-state index contributed by atoms with van der Waals surface area (Å²) in [6.07, 6.45) is 0.949. The first-order chi connectivity index (χ1) is 12.6. The van der Waals surface area contributed by atoms with Crippen LogP contribution in [0.15, 0.2) is 40.7 Å². The number of ketones is 1. The van der Waals surface area contributed by atoms with Gasteiger partial charge in [-0.1, -0.05) is 19.9 Å². The number of hydrogen-bond donors (Lipinski definition) is 1. The second-order valence-electron chi connectivity index (χ2n) is 7.82. The highest BCUT2D eigenvalue weighted by Crippen LogP contribution is 2.46. The maximum absolute atomic E-state index is 13.9. The van der Waals surface area contributed by atoms with Gasteiger partial charge < -0.3 is 10.1 Å². The van der Waals surface area contributed by atoms with E-state index >= 15 is 0 Å². The molecule has 144 valence electrons. The highest BCUT2D eigenvalue weighted by atomic mass is 19.2. The molecule has 6 heteroatoms. The number of hydrogen-bond acceptors (Lipinski definition) is 4. The number of nitrogens with one attached hydrogen (secondary N) is 1.